The molecule has 2 aromatic carbocycles. The fourth-order valence-corrected chi connectivity index (χ4v) is 3.38. The first-order valence-corrected chi connectivity index (χ1v) is 9.30. The third-order valence-electron chi connectivity index (χ3n) is 3.24. The van der Waals surface area contributed by atoms with Crippen LogP contribution < -0.4 is 0 Å². The average molecular weight is 364 g/mol. The molecule has 0 radical (unpaired) electrons. The normalized spacial score (nSPS) is 12.7. The Morgan fingerprint density at radius 1 is 0.960 bits per heavy atom. The minimum atomic E-state index is -3.93. The van der Waals surface area contributed by atoms with Gasteiger partial charge in [0.25, 0.3) is 0 Å². The van der Waals surface area contributed by atoms with Crippen LogP contribution >= 0.6 is 7.82 Å². The van der Waals surface area contributed by atoms with Crippen LogP contribution in [0.4, 0.5) is 0 Å². The van der Waals surface area contributed by atoms with Gasteiger partial charge in [-0.15, -0.1) is 0 Å². The van der Waals surface area contributed by atoms with Gasteiger partial charge >= 0.3 is 13.8 Å². The van der Waals surface area contributed by atoms with E-state index in [2.05, 4.69) is 0 Å². The zero-order chi connectivity index (χ0) is 18.1. The molecule has 1 N–H and O–H groups in total. The second-order valence-corrected chi connectivity index (χ2v) is 7.10. The maximum Gasteiger partial charge on any atom is 0.475 e. The first-order valence-electron chi connectivity index (χ1n) is 7.84. The van der Waals surface area contributed by atoms with Gasteiger partial charge < -0.3 is 5.11 Å². The zero-order valence-corrected chi connectivity index (χ0v) is 14.8. The Hall–Kier alpha value is -1.98. The fourth-order valence-electron chi connectivity index (χ4n) is 2.06. The molecule has 0 fully saturated rings. The van der Waals surface area contributed by atoms with E-state index in [0.29, 0.717) is 0 Å². The summed E-state index contributed by atoms with van der Waals surface area (Å²) in [5.74, 6) is -1.05. The van der Waals surface area contributed by atoms with Crippen LogP contribution in [0.1, 0.15) is 24.5 Å². The highest BCUT2D eigenvalue weighted by Crippen LogP contribution is 2.52. The summed E-state index contributed by atoms with van der Waals surface area (Å²) in [5.41, 5.74) is 1.61. The number of carboxylic acid groups (broad SMARTS) is 1. The molecule has 0 aliphatic rings. The predicted molar refractivity (Wildman–Crippen MR) is 92.9 cm³/mol. The average Bonchev–Trinajstić information content (AvgIpc) is 2.59. The monoisotopic (exact) mass is 364 g/mol. The minimum absolute atomic E-state index is 0.0344. The van der Waals surface area contributed by atoms with Crippen LogP contribution in [0.25, 0.3) is 0 Å². The van der Waals surface area contributed by atoms with Crippen molar-refractivity contribution in [1.82, 2.24) is 0 Å². The highest BCUT2D eigenvalue weighted by molar-refractivity contribution is 7.48. The number of hydrogen-bond acceptors (Lipinski definition) is 5. The molecule has 1 atom stereocenters. The molecule has 6 nitrogen and oxygen atoms in total. The second-order valence-electron chi connectivity index (χ2n) is 5.48. The summed E-state index contributed by atoms with van der Waals surface area (Å²) < 4.78 is 29.0. The van der Waals surface area contributed by atoms with E-state index in [0.717, 1.165) is 11.1 Å². The molecule has 25 heavy (non-hydrogen) atoms. The van der Waals surface area contributed by atoms with Crippen molar-refractivity contribution >= 4 is 13.8 Å². The molecule has 2 rings (SSSR count). The van der Waals surface area contributed by atoms with E-state index in [1.165, 1.54) is 6.92 Å². The molecular weight excluding hydrogens is 343 g/mol. The highest BCUT2D eigenvalue weighted by atomic mass is 31.2. The van der Waals surface area contributed by atoms with Crippen molar-refractivity contribution in [3.8, 4) is 0 Å². The minimum Gasteiger partial charge on any atom is -0.481 e. The summed E-state index contributed by atoms with van der Waals surface area (Å²) in [6, 6.07) is 18.4. The van der Waals surface area contributed by atoms with Gasteiger partial charge in [-0.1, -0.05) is 60.7 Å². The van der Waals surface area contributed by atoms with E-state index in [1.54, 1.807) is 0 Å². The van der Waals surface area contributed by atoms with Crippen molar-refractivity contribution in [3.63, 3.8) is 0 Å². The molecule has 0 amide bonds. The van der Waals surface area contributed by atoms with Crippen molar-refractivity contribution in [3.05, 3.63) is 71.8 Å². The van der Waals surface area contributed by atoms with Crippen molar-refractivity contribution in [2.24, 2.45) is 0 Å². The van der Waals surface area contributed by atoms with Gasteiger partial charge in [0, 0.05) is 0 Å². The van der Waals surface area contributed by atoms with Crippen LogP contribution in [0.15, 0.2) is 60.7 Å². The summed E-state index contributed by atoms with van der Waals surface area (Å²) >= 11 is 0. The first kappa shape index (κ1) is 19.3. The smallest absolute Gasteiger partial charge is 0.475 e. The number of hydrogen-bond donors (Lipinski definition) is 1. The molecular formula is C18H21O6P. The van der Waals surface area contributed by atoms with Crippen LogP contribution in [-0.4, -0.2) is 17.2 Å². The number of phosphoric ester groups is 1. The van der Waals surface area contributed by atoms with Gasteiger partial charge in [-0.05, 0) is 18.1 Å². The van der Waals surface area contributed by atoms with E-state index in [4.69, 9.17) is 18.7 Å². The van der Waals surface area contributed by atoms with Gasteiger partial charge in [0.05, 0.1) is 25.7 Å². The van der Waals surface area contributed by atoms with Gasteiger partial charge in [-0.25, -0.2) is 4.57 Å². The lowest BCUT2D eigenvalue weighted by molar-refractivity contribution is -0.138. The summed E-state index contributed by atoms with van der Waals surface area (Å²) in [6.07, 6.45) is -1.11. The molecule has 0 bridgehead atoms. The van der Waals surface area contributed by atoms with Crippen LogP contribution in [0.3, 0.4) is 0 Å². The van der Waals surface area contributed by atoms with Crippen molar-refractivity contribution in [2.75, 3.05) is 0 Å². The largest absolute Gasteiger partial charge is 0.481 e. The van der Waals surface area contributed by atoms with Crippen LogP contribution in [-0.2, 0) is 36.1 Å². The van der Waals surface area contributed by atoms with Crippen LogP contribution in [0, 0.1) is 0 Å². The van der Waals surface area contributed by atoms with E-state index < -0.39 is 19.9 Å². The molecule has 0 heterocycles. The van der Waals surface area contributed by atoms with Gasteiger partial charge in [-0.3, -0.25) is 18.4 Å². The topological polar surface area (TPSA) is 82.1 Å². The third kappa shape index (κ3) is 7.20. The fraction of sp³-hybridized carbons (Fsp3) is 0.278. The molecule has 7 heteroatoms. The molecule has 2 aromatic rings. The molecule has 0 aromatic heterocycles. The molecule has 134 valence electrons. The van der Waals surface area contributed by atoms with E-state index >= 15 is 0 Å². The number of benzene rings is 2. The SMILES string of the molecule is CC(CC(=O)O)OP(=O)(OCc1ccccc1)OCc1ccccc1. The number of phosphoric acid groups is 1. The van der Waals surface area contributed by atoms with Crippen molar-refractivity contribution in [1.29, 1.82) is 0 Å². The van der Waals surface area contributed by atoms with Crippen LogP contribution in [0.5, 0.6) is 0 Å². The van der Waals surface area contributed by atoms with E-state index in [9.17, 15) is 9.36 Å². The Labute approximate surface area is 147 Å². The van der Waals surface area contributed by atoms with E-state index in [-0.39, 0.29) is 19.6 Å². The standard InChI is InChI=1S/C18H21O6P/c1-15(12-18(19)20)24-25(21,22-13-16-8-4-2-5-9-16)23-14-17-10-6-3-7-11-17/h2-11,15H,12-14H2,1H3,(H,19,20). The number of carbonyl (C=O) groups is 1. The molecule has 0 aliphatic heterocycles. The van der Waals surface area contributed by atoms with Gasteiger partial charge in [0.15, 0.2) is 0 Å². The Morgan fingerprint density at radius 2 is 1.40 bits per heavy atom. The molecule has 0 spiro atoms. The van der Waals surface area contributed by atoms with Crippen molar-refractivity contribution in [2.45, 2.75) is 32.7 Å². The van der Waals surface area contributed by atoms with Gasteiger partial charge in [0.1, 0.15) is 0 Å². The molecule has 0 saturated heterocycles. The highest BCUT2D eigenvalue weighted by Gasteiger charge is 2.30. The predicted octanol–water partition coefficient (Wildman–Crippen LogP) is 4.41. The third-order valence-corrected chi connectivity index (χ3v) is 4.74. The summed E-state index contributed by atoms with van der Waals surface area (Å²) in [5, 5.41) is 8.85. The Balaban J connectivity index is 2.03. The van der Waals surface area contributed by atoms with E-state index in [1.807, 2.05) is 60.7 Å². The lowest BCUT2D eigenvalue weighted by Crippen LogP contribution is -2.14. The second kappa shape index (κ2) is 9.49. The quantitative estimate of drug-likeness (QED) is 0.629. The summed E-state index contributed by atoms with van der Waals surface area (Å²) in [6.45, 7) is 1.58. The Morgan fingerprint density at radius 3 is 1.80 bits per heavy atom. The maximum absolute atomic E-state index is 12.9. The first-order chi connectivity index (χ1) is 12.0. The van der Waals surface area contributed by atoms with Gasteiger partial charge in [0.2, 0.25) is 0 Å². The van der Waals surface area contributed by atoms with Gasteiger partial charge in [-0.2, -0.15) is 0 Å². The number of rotatable bonds is 10. The number of aliphatic carboxylic acids is 1. The summed E-state index contributed by atoms with van der Waals surface area (Å²) in [4.78, 5) is 10.8. The number of carboxylic acids is 1. The Bertz CT molecular complexity index is 657. The molecule has 0 saturated carbocycles. The maximum atomic E-state index is 12.9. The zero-order valence-electron chi connectivity index (χ0n) is 13.9. The summed E-state index contributed by atoms with van der Waals surface area (Å²) in [7, 11) is -3.93. The molecule has 0 aliphatic carbocycles. The lowest BCUT2D eigenvalue weighted by Gasteiger charge is -2.21. The van der Waals surface area contributed by atoms with Crippen molar-refractivity contribution < 1.29 is 28.0 Å². The Kier molecular flexibility index (Phi) is 7.34. The van der Waals surface area contributed by atoms with Crippen LogP contribution in [0.2, 0.25) is 0 Å². The lowest BCUT2D eigenvalue weighted by atomic mass is 10.2. The molecule has 1 unspecified atom stereocenters.